The second-order valence-corrected chi connectivity index (χ2v) is 17.4. The number of esters is 2. The molecule has 5 nitrogen and oxygen atoms in total. The third-order valence-electron chi connectivity index (χ3n) is 11.1. The Bertz CT molecular complexity index is 1230. The molecule has 5 heteroatoms. The first-order valence-corrected chi connectivity index (χ1v) is 26.8. The summed E-state index contributed by atoms with van der Waals surface area (Å²) in [6.45, 7) is 7.52. The van der Waals surface area contributed by atoms with E-state index in [9.17, 15) is 9.59 Å². The molecular formula is C59H100O5. The van der Waals surface area contributed by atoms with Gasteiger partial charge in [0.25, 0.3) is 0 Å². The first-order valence-electron chi connectivity index (χ1n) is 26.8. The van der Waals surface area contributed by atoms with E-state index in [1.165, 1.54) is 96.3 Å². The first kappa shape index (κ1) is 60.8. The summed E-state index contributed by atoms with van der Waals surface area (Å²) in [5.74, 6) is -0.454. The van der Waals surface area contributed by atoms with Gasteiger partial charge in [0.05, 0.1) is 6.61 Å². The number of unbranched alkanes of at least 4 members (excludes halogenated alkanes) is 21. The minimum absolute atomic E-state index is 0.0588. The number of hydrogen-bond acceptors (Lipinski definition) is 5. The van der Waals surface area contributed by atoms with Gasteiger partial charge in [-0.1, -0.05) is 208 Å². The molecule has 1 unspecified atom stereocenters. The van der Waals surface area contributed by atoms with Gasteiger partial charge in [0.2, 0.25) is 0 Å². The molecule has 0 spiro atoms. The van der Waals surface area contributed by atoms with Gasteiger partial charge >= 0.3 is 11.9 Å². The number of rotatable bonds is 48. The van der Waals surface area contributed by atoms with Crippen LogP contribution in [0.5, 0.6) is 0 Å². The molecule has 64 heavy (non-hydrogen) atoms. The zero-order chi connectivity index (χ0) is 46.3. The molecule has 0 aromatic heterocycles. The molecule has 0 bridgehead atoms. The van der Waals surface area contributed by atoms with Crippen LogP contribution >= 0.6 is 0 Å². The van der Waals surface area contributed by atoms with Gasteiger partial charge in [-0.2, -0.15) is 0 Å². The van der Waals surface area contributed by atoms with Crippen LogP contribution in [0.15, 0.2) is 97.2 Å². The predicted molar refractivity (Wildman–Crippen MR) is 279 cm³/mol. The largest absolute Gasteiger partial charge is 0.462 e. The van der Waals surface area contributed by atoms with Crippen molar-refractivity contribution < 1.29 is 23.8 Å². The molecule has 0 rings (SSSR count). The fraction of sp³-hybridized carbons (Fsp3) is 0.695. The Hall–Kier alpha value is -3.18. The molecule has 0 aliphatic carbocycles. The minimum atomic E-state index is -0.565. The van der Waals surface area contributed by atoms with Crippen molar-refractivity contribution in [3.63, 3.8) is 0 Å². The van der Waals surface area contributed by atoms with Crippen LogP contribution in [0.4, 0.5) is 0 Å². The number of carbonyl (C=O) groups is 2. The van der Waals surface area contributed by atoms with E-state index in [1.807, 2.05) is 0 Å². The smallest absolute Gasteiger partial charge is 0.306 e. The van der Waals surface area contributed by atoms with E-state index in [4.69, 9.17) is 14.2 Å². The maximum atomic E-state index is 12.8. The molecule has 0 aromatic rings. The Kier molecular flexibility index (Phi) is 51.5. The predicted octanol–water partition coefficient (Wildman–Crippen LogP) is 18.2. The zero-order valence-electron chi connectivity index (χ0n) is 42.0. The molecule has 0 N–H and O–H groups in total. The van der Waals surface area contributed by atoms with Crippen LogP contribution in [0.2, 0.25) is 0 Å². The molecule has 0 heterocycles. The highest BCUT2D eigenvalue weighted by Gasteiger charge is 2.17. The van der Waals surface area contributed by atoms with Crippen molar-refractivity contribution in [1.29, 1.82) is 0 Å². The van der Waals surface area contributed by atoms with Crippen LogP contribution in [0, 0.1) is 0 Å². The van der Waals surface area contributed by atoms with Gasteiger partial charge in [0.15, 0.2) is 6.10 Å². The van der Waals surface area contributed by atoms with Crippen molar-refractivity contribution in [3.8, 4) is 0 Å². The van der Waals surface area contributed by atoms with Gasteiger partial charge in [-0.05, 0) is 116 Å². The highest BCUT2D eigenvalue weighted by Crippen LogP contribution is 2.14. The first-order chi connectivity index (χ1) is 31.6. The van der Waals surface area contributed by atoms with E-state index in [1.54, 1.807) is 0 Å². The molecule has 0 amide bonds. The van der Waals surface area contributed by atoms with Crippen molar-refractivity contribution in [2.45, 2.75) is 245 Å². The summed E-state index contributed by atoms with van der Waals surface area (Å²) >= 11 is 0. The highest BCUT2D eigenvalue weighted by molar-refractivity contribution is 5.70. The van der Waals surface area contributed by atoms with Crippen LogP contribution < -0.4 is 0 Å². The Morgan fingerprint density at radius 3 is 1.14 bits per heavy atom. The molecule has 0 fully saturated rings. The lowest BCUT2D eigenvalue weighted by atomic mass is 10.1. The zero-order valence-corrected chi connectivity index (χ0v) is 42.0. The SMILES string of the molecule is CC/C=C\C/C=C\C/C=C\CCCCCCCC(=O)OCC(COCCCCCCCCCCCC/C=C\C/C=C\CCCCC)OC(=O)CCCCC/C=C\C/C=C\C/C=C\CC. The second kappa shape index (κ2) is 54.2. The Labute approximate surface area is 396 Å². The van der Waals surface area contributed by atoms with Gasteiger partial charge in [-0.15, -0.1) is 0 Å². The quantitative estimate of drug-likeness (QED) is 0.0346. The fourth-order valence-electron chi connectivity index (χ4n) is 7.16. The van der Waals surface area contributed by atoms with Crippen LogP contribution in [-0.4, -0.2) is 37.9 Å². The summed E-state index contributed by atoms with van der Waals surface area (Å²) in [7, 11) is 0. The summed E-state index contributed by atoms with van der Waals surface area (Å²) in [5, 5.41) is 0. The Balaban J connectivity index is 4.31. The lowest BCUT2D eigenvalue weighted by molar-refractivity contribution is -0.163. The van der Waals surface area contributed by atoms with Crippen molar-refractivity contribution in [1.82, 2.24) is 0 Å². The van der Waals surface area contributed by atoms with Gasteiger partial charge in [-0.25, -0.2) is 0 Å². The lowest BCUT2D eigenvalue weighted by Crippen LogP contribution is -2.30. The van der Waals surface area contributed by atoms with E-state index < -0.39 is 6.10 Å². The maximum absolute atomic E-state index is 12.8. The van der Waals surface area contributed by atoms with Crippen LogP contribution in [0.25, 0.3) is 0 Å². The molecule has 1 atom stereocenters. The lowest BCUT2D eigenvalue weighted by Gasteiger charge is -2.18. The molecule has 0 aliphatic rings. The summed E-state index contributed by atoms with van der Waals surface area (Å²) in [6, 6.07) is 0. The number of allylic oxidation sites excluding steroid dienone is 16. The number of hydrogen-bond donors (Lipinski definition) is 0. The fourth-order valence-corrected chi connectivity index (χ4v) is 7.16. The average molecular weight is 889 g/mol. The minimum Gasteiger partial charge on any atom is -0.462 e. The van der Waals surface area contributed by atoms with Crippen molar-refractivity contribution in [3.05, 3.63) is 97.2 Å². The summed E-state index contributed by atoms with van der Waals surface area (Å²) in [5.41, 5.74) is 0. The van der Waals surface area contributed by atoms with Gasteiger partial charge in [0.1, 0.15) is 6.61 Å². The molecule has 0 saturated heterocycles. The molecule has 0 radical (unpaired) electrons. The molecule has 0 saturated carbocycles. The van der Waals surface area contributed by atoms with E-state index in [0.717, 1.165) is 109 Å². The monoisotopic (exact) mass is 889 g/mol. The standard InChI is InChI=1S/C59H100O5/c1-4-7-10-13-16-19-22-25-27-28-29-30-31-33-36-39-42-45-48-51-54-62-55-57(64-59(61)53-50-47-44-41-38-34-24-21-18-15-12-9-6-3)56-63-58(60)52-49-46-43-40-37-35-32-26-23-20-17-14-11-8-5-2/h8-9,11-12,16-21,25-27,32,34,38,57H,4-7,10,13-15,22-24,28-31,33,35-37,39-56H2,1-3H3/b11-8-,12-9-,19-16-,20-17-,21-18-,27-25-,32-26-,38-34-. The van der Waals surface area contributed by atoms with E-state index in [2.05, 4.69) is 118 Å². The summed E-state index contributed by atoms with van der Waals surface area (Å²) < 4.78 is 17.4. The highest BCUT2D eigenvalue weighted by atomic mass is 16.6. The molecule has 366 valence electrons. The summed E-state index contributed by atoms with van der Waals surface area (Å²) in [4.78, 5) is 25.4. The second-order valence-electron chi connectivity index (χ2n) is 17.4. The number of carbonyl (C=O) groups excluding carboxylic acids is 2. The van der Waals surface area contributed by atoms with Crippen LogP contribution in [-0.2, 0) is 23.8 Å². The van der Waals surface area contributed by atoms with Crippen molar-refractivity contribution in [2.24, 2.45) is 0 Å². The van der Waals surface area contributed by atoms with Crippen LogP contribution in [0.3, 0.4) is 0 Å². The third kappa shape index (κ3) is 51.5. The Morgan fingerprint density at radius 2 is 0.703 bits per heavy atom. The van der Waals surface area contributed by atoms with E-state index >= 15 is 0 Å². The van der Waals surface area contributed by atoms with Gasteiger partial charge in [0, 0.05) is 19.4 Å². The molecular weight excluding hydrogens is 789 g/mol. The van der Waals surface area contributed by atoms with Crippen molar-refractivity contribution in [2.75, 3.05) is 19.8 Å². The Morgan fingerprint density at radius 1 is 0.359 bits per heavy atom. The van der Waals surface area contributed by atoms with E-state index in [-0.39, 0.29) is 25.2 Å². The molecule has 0 aromatic carbocycles. The summed E-state index contributed by atoms with van der Waals surface area (Å²) in [6.07, 6.45) is 72.8. The van der Waals surface area contributed by atoms with Gasteiger partial charge in [-0.3, -0.25) is 9.59 Å². The maximum Gasteiger partial charge on any atom is 0.306 e. The van der Waals surface area contributed by atoms with E-state index in [0.29, 0.717) is 19.4 Å². The average Bonchev–Trinajstić information content (AvgIpc) is 3.30. The topological polar surface area (TPSA) is 61.8 Å². The third-order valence-corrected chi connectivity index (χ3v) is 11.1. The number of ether oxygens (including phenoxy) is 3. The van der Waals surface area contributed by atoms with Crippen molar-refractivity contribution >= 4 is 11.9 Å². The molecule has 0 aliphatic heterocycles. The van der Waals surface area contributed by atoms with Crippen LogP contribution in [0.1, 0.15) is 239 Å². The normalized spacial score (nSPS) is 13.0. The van der Waals surface area contributed by atoms with Gasteiger partial charge < -0.3 is 14.2 Å².